The van der Waals surface area contributed by atoms with Gasteiger partial charge in [-0.05, 0) is 80.6 Å². The van der Waals surface area contributed by atoms with E-state index in [0.29, 0.717) is 11.8 Å². The summed E-state index contributed by atoms with van der Waals surface area (Å²) >= 11 is 0. The van der Waals surface area contributed by atoms with E-state index >= 15 is 0 Å². The van der Waals surface area contributed by atoms with Gasteiger partial charge in [0, 0.05) is 17.1 Å². The Bertz CT molecular complexity index is 1050. The van der Waals surface area contributed by atoms with Gasteiger partial charge < -0.3 is 25.5 Å². The van der Waals surface area contributed by atoms with E-state index in [4.69, 9.17) is 0 Å². The van der Waals surface area contributed by atoms with Gasteiger partial charge in [-0.2, -0.15) is 0 Å². The summed E-state index contributed by atoms with van der Waals surface area (Å²) in [4.78, 5) is 26.1. The van der Waals surface area contributed by atoms with E-state index in [1.54, 1.807) is 0 Å². The molecule has 4 saturated carbocycles. The number of allylic oxidation sites excluding steroid dienone is 5. The highest BCUT2D eigenvalue weighted by Crippen LogP contribution is 2.43. The molecule has 40 heavy (non-hydrogen) atoms. The molecule has 5 aliphatic rings. The molecule has 4 fully saturated rings. The normalized spacial score (nSPS) is 37.5. The van der Waals surface area contributed by atoms with Crippen molar-refractivity contribution in [2.45, 2.75) is 114 Å². The average molecular weight is 554 g/mol. The Labute approximate surface area is 237 Å². The Morgan fingerprint density at radius 1 is 0.575 bits per heavy atom. The summed E-state index contributed by atoms with van der Waals surface area (Å²) in [6.07, 6.45) is 16.7. The molecule has 7 heteroatoms. The first-order valence-corrected chi connectivity index (χ1v) is 15.6. The third kappa shape index (κ3) is 6.23. The molecule has 0 saturated heterocycles. The Morgan fingerprint density at radius 3 is 1.48 bits per heavy atom. The zero-order valence-electron chi connectivity index (χ0n) is 23.4. The van der Waals surface area contributed by atoms with Crippen molar-refractivity contribution >= 4 is 11.6 Å². The van der Waals surface area contributed by atoms with E-state index < -0.39 is 58.8 Å². The minimum Gasteiger partial charge on any atom is -0.872 e. The molecule has 0 aromatic rings. The maximum Gasteiger partial charge on any atom is 0.232 e. The molecule has 220 valence electrons. The number of aliphatic hydroxyl groups is 4. The molecule has 0 bridgehead atoms. The minimum absolute atomic E-state index is 0.0792. The van der Waals surface area contributed by atoms with Crippen LogP contribution in [0.3, 0.4) is 0 Å². The fourth-order valence-electron chi connectivity index (χ4n) is 7.87. The molecule has 5 aliphatic carbocycles. The topological polar surface area (TPSA) is 138 Å². The number of carbonyl (C=O) groups excluding carboxylic acids is 2. The third-order valence-electron chi connectivity index (χ3n) is 10.1. The van der Waals surface area contributed by atoms with Crippen molar-refractivity contribution < 1.29 is 35.1 Å². The fourth-order valence-corrected chi connectivity index (χ4v) is 7.87. The van der Waals surface area contributed by atoms with E-state index in [-0.39, 0.29) is 43.1 Å². The monoisotopic (exact) mass is 553 g/mol. The van der Waals surface area contributed by atoms with Crippen LogP contribution >= 0.6 is 0 Å². The van der Waals surface area contributed by atoms with Crippen LogP contribution in [-0.2, 0) is 9.59 Å². The molecule has 7 nitrogen and oxygen atoms in total. The van der Waals surface area contributed by atoms with Gasteiger partial charge in [-0.1, -0.05) is 68.6 Å². The van der Waals surface area contributed by atoms with Gasteiger partial charge in [0.05, 0.1) is 24.4 Å². The number of hydrogen-bond donors (Lipinski definition) is 4. The highest BCUT2D eigenvalue weighted by molar-refractivity contribution is 6.53. The lowest BCUT2D eigenvalue weighted by Gasteiger charge is -2.38. The molecule has 4 unspecified atom stereocenters. The van der Waals surface area contributed by atoms with Gasteiger partial charge in [0.2, 0.25) is 11.6 Å². The fraction of sp³-hybridized carbons (Fsp3) is 0.697. The average Bonchev–Trinajstić information content (AvgIpc) is 3.15. The molecule has 0 aromatic carbocycles. The van der Waals surface area contributed by atoms with Gasteiger partial charge in [0.1, 0.15) is 0 Å². The van der Waals surface area contributed by atoms with Gasteiger partial charge >= 0.3 is 0 Å². The summed E-state index contributed by atoms with van der Waals surface area (Å²) in [5.41, 5.74) is -0.955. The van der Waals surface area contributed by atoms with Crippen molar-refractivity contribution in [3.63, 3.8) is 0 Å². The van der Waals surface area contributed by atoms with Crippen LogP contribution in [0.1, 0.15) is 89.9 Å². The van der Waals surface area contributed by atoms with Crippen LogP contribution < -0.4 is 5.11 Å². The third-order valence-corrected chi connectivity index (χ3v) is 10.1. The summed E-state index contributed by atoms with van der Waals surface area (Å²) in [6.45, 7) is 0. The minimum atomic E-state index is -1.23. The lowest BCUT2D eigenvalue weighted by Crippen LogP contribution is -2.42. The van der Waals surface area contributed by atoms with Crippen molar-refractivity contribution in [1.29, 1.82) is 0 Å². The molecule has 5 rings (SSSR count). The van der Waals surface area contributed by atoms with Crippen molar-refractivity contribution in [2.75, 3.05) is 0 Å². The molecule has 0 radical (unpaired) electrons. The summed E-state index contributed by atoms with van der Waals surface area (Å²) in [6, 6.07) is 0. The predicted octanol–water partition coefficient (Wildman–Crippen LogP) is 3.20. The first-order valence-electron chi connectivity index (χ1n) is 15.6. The van der Waals surface area contributed by atoms with Crippen molar-refractivity contribution in [2.24, 2.45) is 29.6 Å². The lowest BCUT2D eigenvalue weighted by atomic mass is 9.73. The smallest absolute Gasteiger partial charge is 0.232 e. The first kappa shape index (κ1) is 29.4. The standard InChI is InChI=1S/C33H46O7/c34-23-15-21(13-11-19-7-3-1-4-8-19)16-24(35)27(23)29-31(38)30(33(40)32(29)39)28-25(36)17-22(18-26(28)37)14-12-20-9-5-2-6-10-20/h11-14,19-27,34-38H,1-10,15-18H2/p-1/b13-11+,14-12+,30-28?. The maximum atomic E-state index is 13.5. The summed E-state index contributed by atoms with van der Waals surface area (Å²) in [5.74, 6) is -3.27. The second kappa shape index (κ2) is 12.8. The van der Waals surface area contributed by atoms with Gasteiger partial charge in [0.15, 0.2) is 0 Å². The predicted molar refractivity (Wildman–Crippen MR) is 148 cm³/mol. The van der Waals surface area contributed by atoms with Gasteiger partial charge in [0.25, 0.3) is 0 Å². The molecule has 0 heterocycles. The molecule has 0 aromatic heterocycles. The molecular formula is C33H45O7-. The number of rotatable bonds is 5. The van der Waals surface area contributed by atoms with E-state index in [2.05, 4.69) is 12.2 Å². The summed E-state index contributed by atoms with van der Waals surface area (Å²) in [5, 5.41) is 57.4. The van der Waals surface area contributed by atoms with E-state index in [1.165, 1.54) is 38.5 Å². The number of hydrogen-bond acceptors (Lipinski definition) is 7. The Hall–Kier alpha value is -2.06. The Kier molecular flexibility index (Phi) is 9.45. The Morgan fingerprint density at radius 2 is 1.00 bits per heavy atom. The number of Topliss-reactive ketones (excluding diaryl/α,β-unsaturated/α-hetero) is 2. The van der Waals surface area contributed by atoms with E-state index in [0.717, 1.165) is 25.7 Å². The van der Waals surface area contributed by atoms with Crippen LogP contribution in [0.15, 0.2) is 46.8 Å². The molecule has 0 aliphatic heterocycles. The van der Waals surface area contributed by atoms with Crippen LogP contribution in [0.5, 0.6) is 0 Å². The lowest BCUT2D eigenvalue weighted by molar-refractivity contribution is -0.299. The molecule has 4 N–H and O–H groups in total. The van der Waals surface area contributed by atoms with Gasteiger partial charge in [-0.25, -0.2) is 0 Å². The maximum absolute atomic E-state index is 13.5. The van der Waals surface area contributed by atoms with Gasteiger partial charge in [-0.3, -0.25) is 9.59 Å². The number of ketones is 2. The van der Waals surface area contributed by atoms with Crippen LogP contribution in [0.4, 0.5) is 0 Å². The second-order valence-corrected chi connectivity index (χ2v) is 13.0. The van der Waals surface area contributed by atoms with Crippen LogP contribution in [0, 0.1) is 29.6 Å². The summed E-state index contributed by atoms with van der Waals surface area (Å²) < 4.78 is 0. The molecular weight excluding hydrogens is 508 g/mol. The quantitative estimate of drug-likeness (QED) is 0.233. The summed E-state index contributed by atoms with van der Waals surface area (Å²) in [7, 11) is 0. The van der Waals surface area contributed by atoms with Crippen molar-refractivity contribution in [3.05, 3.63) is 46.8 Å². The zero-order valence-corrected chi connectivity index (χ0v) is 23.4. The van der Waals surface area contributed by atoms with E-state index in [9.17, 15) is 35.1 Å². The first-order chi connectivity index (χ1) is 19.2. The van der Waals surface area contributed by atoms with Crippen molar-refractivity contribution in [1.82, 2.24) is 0 Å². The molecule has 0 spiro atoms. The van der Waals surface area contributed by atoms with Crippen molar-refractivity contribution in [3.8, 4) is 0 Å². The Balaban J connectivity index is 1.32. The largest absolute Gasteiger partial charge is 0.872 e. The molecule has 4 atom stereocenters. The highest BCUT2D eigenvalue weighted by Gasteiger charge is 2.47. The highest BCUT2D eigenvalue weighted by atomic mass is 16.3. The van der Waals surface area contributed by atoms with Crippen LogP contribution in [0.25, 0.3) is 0 Å². The number of carbonyl (C=O) groups is 2. The second-order valence-electron chi connectivity index (χ2n) is 13.0. The number of aliphatic hydroxyl groups excluding tert-OH is 4. The SMILES string of the molecule is O=C1C(=O)C(C2C(O)CC(/C=C/C3CCCCC3)CC2O)=C([O-])C1=C1C(O)CC(/C=C/C2CCCCC2)CC1O. The molecule has 0 amide bonds. The van der Waals surface area contributed by atoms with Gasteiger partial charge in [-0.15, -0.1) is 0 Å². The van der Waals surface area contributed by atoms with Crippen LogP contribution in [-0.4, -0.2) is 56.4 Å². The zero-order chi connectivity index (χ0) is 28.4. The van der Waals surface area contributed by atoms with E-state index in [1.807, 2.05) is 12.2 Å². The van der Waals surface area contributed by atoms with Crippen LogP contribution in [0.2, 0.25) is 0 Å².